The first kappa shape index (κ1) is 25.6. The number of hydrogen-bond acceptors (Lipinski definition) is 6. The molecule has 1 aromatic carbocycles. The fraction of sp³-hybridized carbons (Fsp3) is 0.414. The Labute approximate surface area is 224 Å². The lowest BCUT2D eigenvalue weighted by molar-refractivity contribution is 0.0946. The fourth-order valence-electron chi connectivity index (χ4n) is 5.34. The van der Waals surface area contributed by atoms with Gasteiger partial charge < -0.3 is 10.2 Å². The predicted octanol–water partition coefficient (Wildman–Crippen LogP) is 4.24. The van der Waals surface area contributed by atoms with E-state index in [4.69, 9.17) is 16.6 Å². The van der Waals surface area contributed by atoms with Crippen LogP contribution in [-0.4, -0.2) is 71.0 Å². The smallest absolute Gasteiger partial charge is 0.270 e. The molecule has 2 aliphatic heterocycles. The summed E-state index contributed by atoms with van der Waals surface area (Å²) in [7, 11) is 0. The average molecular weight is 519 g/mol. The van der Waals surface area contributed by atoms with E-state index in [9.17, 15) is 4.79 Å². The number of hydrogen-bond donors (Lipinski definition) is 1. The number of carbonyl (C=O) groups excluding carboxylic acids is 1. The lowest BCUT2D eigenvalue weighted by Gasteiger charge is -2.38. The molecule has 2 aromatic heterocycles. The second kappa shape index (κ2) is 12.5. The van der Waals surface area contributed by atoms with Crippen LogP contribution < -0.4 is 10.2 Å². The first-order valence-corrected chi connectivity index (χ1v) is 13.6. The van der Waals surface area contributed by atoms with Crippen molar-refractivity contribution in [2.24, 2.45) is 0 Å². The molecule has 2 aliphatic rings. The van der Waals surface area contributed by atoms with E-state index in [1.54, 1.807) is 18.5 Å². The summed E-state index contributed by atoms with van der Waals surface area (Å²) >= 11 is 6.38. The van der Waals surface area contributed by atoms with E-state index in [1.165, 1.54) is 18.4 Å². The van der Waals surface area contributed by atoms with Crippen LogP contribution in [0.4, 0.5) is 5.82 Å². The number of halogens is 1. The molecule has 5 rings (SSSR count). The first-order valence-electron chi connectivity index (χ1n) is 13.2. The minimum atomic E-state index is -0.154. The van der Waals surface area contributed by atoms with Crippen molar-refractivity contribution in [1.82, 2.24) is 25.1 Å². The highest BCUT2D eigenvalue weighted by Crippen LogP contribution is 2.23. The Morgan fingerprint density at radius 2 is 1.73 bits per heavy atom. The topological polar surface area (TPSA) is 64.6 Å². The molecule has 0 atom stereocenters. The number of aromatic nitrogens is 2. The lowest BCUT2D eigenvalue weighted by Crippen LogP contribution is -2.46. The van der Waals surface area contributed by atoms with Crippen LogP contribution in [0.2, 0.25) is 5.02 Å². The van der Waals surface area contributed by atoms with Crippen LogP contribution in [-0.2, 0) is 13.1 Å². The molecule has 194 valence electrons. The summed E-state index contributed by atoms with van der Waals surface area (Å²) in [6.45, 7) is 7.61. The molecule has 0 bridgehead atoms. The third kappa shape index (κ3) is 6.86. The number of rotatable bonds is 7. The van der Waals surface area contributed by atoms with E-state index in [1.807, 2.05) is 36.4 Å². The molecule has 1 N–H and O–H groups in total. The highest BCUT2D eigenvalue weighted by atomic mass is 35.5. The molecule has 0 saturated carbocycles. The second-order valence-corrected chi connectivity index (χ2v) is 10.3. The zero-order chi connectivity index (χ0) is 25.5. The van der Waals surface area contributed by atoms with E-state index >= 15 is 0 Å². The molecule has 37 heavy (non-hydrogen) atoms. The normalized spacial score (nSPS) is 17.9. The Balaban J connectivity index is 1.12. The van der Waals surface area contributed by atoms with Gasteiger partial charge >= 0.3 is 0 Å². The molecule has 0 unspecified atom stereocenters. The maximum absolute atomic E-state index is 12.7. The van der Waals surface area contributed by atoms with Gasteiger partial charge in [0.15, 0.2) is 0 Å². The van der Waals surface area contributed by atoms with Crippen molar-refractivity contribution < 1.29 is 4.79 Å². The van der Waals surface area contributed by atoms with Gasteiger partial charge in [-0.3, -0.25) is 19.6 Å². The fourth-order valence-corrected chi connectivity index (χ4v) is 5.54. The van der Waals surface area contributed by atoms with E-state index in [2.05, 4.69) is 37.1 Å². The summed E-state index contributed by atoms with van der Waals surface area (Å²) in [5.41, 5.74) is 2.69. The predicted molar refractivity (Wildman–Crippen MR) is 148 cm³/mol. The standard InChI is InChI=1S/C29H35ClN6O/c30-26-6-2-1-5-24(26)22-34-17-11-25(12-18-34)35-15-4-16-36(20-19-35)28-8-3-7-27(33-28)29(37)32-21-23-9-13-31-14-10-23/h1-3,5-10,13-14,25H,4,11-12,15-22H2,(H,32,37). The van der Waals surface area contributed by atoms with Gasteiger partial charge in [-0.25, -0.2) is 4.98 Å². The number of piperidine rings is 1. The Morgan fingerprint density at radius 1 is 0.919 bits per heavy atom. The second-order valence-electron chi connectivity index (χ2n) is 9.89. The van der Waals surface area contributed by atoms with E-state index in [0.29, 0.717) is 18.3 Å². The molecule has 8 heteroatoms. The SMILES string of the molecule is O=C(NCc1ccncc1)c1cccc(N2CCCN(C3CCN(Cc4ccccc4Cl)CC3)CC2)n1. The first-order chi connectivity index (χ1) is 18.2. The molecule has 0 aliphatic carbocycles. The van der Waals surface area contributed by atoms with Gasteiger partial charge in [-0.15, -0.1) is 0 Å². The Hall–Kier alpha value is -3.00. The van der Waals surface area contributed by atoms with Crippen molar-refractivity contribution in [2.45, 2.75) is 38.4 Å². The van der Waals surface area contributed by atoms with Crippen molar-refractivity contribution in [3.05, 3.63) is 88.8 Å². The Bertz CT molecular complexity index is 1170. The van der Waals surface area contributed by atoms with Gasteiger partial charge in [-0.2, -0.15) is 0 Å². The molecule has 3 aromatic rings. The maximum Gasteiger partial charge on any atom is 0.270 e. The zero-order valence-corrected chi connectivity index (χ0v) is 22.0. The van der Waals surface area contributed by atoms with Crippen molar-refractivity contribution >= 4 is 23.3 Å². The molecule has 0 radical (unpaired) electrons. The van der Waals surface area contributed by atoms with Crippen LogP contribution in [0.5, 0.6) is 0 Å². The third-order valence-corrected chi connectivity index (χ3v) is 7.82. The van der Waals surface area contributed by atoms with Gasteiger partial charge in [0.2, 0.25) is 0 Å². The summed E-state index contributed by atoms with van der Waals surface area (Å²) in [6.07, 6.45) is 6.94. The molecular weight excluding hydrogens is 484 g/mol. The molecule has 4 heterocycles. The largest absolute Gasteiger partial charge is 0.355 e. The number of amides is 1. The van der Waals surface area contributed by atoms with Crippen LogP contribution in [0.15, 0.2) is 67.0 Å². The van der Waals surface area contributed by atoms with Crippen molar-refractivity contribution in [1.29, 1.82) is 0 Å². The van der Waals surface area contributed by atoms with Gasteiger partial charge in [0.05, 0.1) is 0 Å². The average Bonchev–Trinajstić information content (AvgIpc) is 3.21. The van der Waals surface area contributed by atoms with Crippen molar-refractivity contribution in [3.8, 4) is 0 Å². The summed E-state index contributed by atoms with van der Waals surface area (Å²) in [5, 5.41) is 3.82. The van der Waals surface area contributed by atoms with Gasteiger partial charge in [0.25, 0.3) is 5.91 Å². The highest BCUT2D eigenvalue weighted by molar-refractivity contribution is 6.31. The Kier molecular flexibility index (Phi) is 8.66. The van der Waals surface area contributed by atoms with Crippen LogP contribution in [0.1, 0.15) is 40.9 Å². The van der Waals surface area contributed by atoms with Gasteiger partial charge in [-0.1, -0.05) is 35.9 Å². The monoisotopic (exact) mass is 518 g/mol. The number of likely N-dealkylation sites (tertiary alicyclic amines) is 1. The van der Waals surface area contributed by atoms with Crippen LogP contribution in [0.25, 0.3) is 0 Å². The number of nitrogens with zero attached hydrogens (tertiary/aromatic N) is 5. The number of carbonyl (C=O) groups is 1. The number of nitrogens with one attached hydrogen (secondary N) is 1. The van der Waals surface area contributed by atoms with Gasteiger partial charge in [0.1, 0.15) is 11.5 Å². The van der Waals surface area contributed by atoms with Crippen LogP contribution in [0.3, 0.4) is 0 Å². The van der Waals surface area contributed by atoms with Crippen molar-refractivity contribution in [3.63, 3.8) is 0 Å². The summed E-state index contributed by atoms with van der Waals surface area (Å²) in [4.78, 5) is 29.0. The van der Waals surface area contributed by atoms with Crippen LogP contribution >= 0.6 is 11.6 Å². The molecular formula is C29H35ClN6O. The van der Waals surface area contributed by atoms with E-state index in [0.717, 1.165) is 68.6 Å². The maximum atomic E-state index is 12.7. The minimum absolute atomic E-state index is 0.154. The molecule has 0 spiro atoms. The number of anilines is 1. The Morgan fingerprint density at radius 3 is 2.54 bits per heavy atom. The lowest BCUT2D eigenvalue weighted by atomic mass is 10.0. The number of pyridine rings is 2. The van der Waals surface area contributed by atoms with Gasteiger partial charge in [0, 0.05) is 62.7 Å². The molecule has 1 amide bonds. The summed E-state index contributed by atoms with van der Waals surface area (Å²) in [5.74, 6) is 0.728. The zero-order valence-electron chi connectivity index (χ0n) is 21.2. The molecule has 2 fully saturated rings. The minimum Gasteiger partial charge on any atom is -0.355 e. The quantitative estimate of drug-likeness (QED) is 0.505. The van der Waals surface area contributed by atoms with E-state index < -0.39 is 0 Å². The van der Waals surface area contributed by atoms with E-state index in [-0.39, 0.29) is 5.91 Å². The van der Waals surface area contributed by atoms with Crippen LogP contribution in [0, 0.1) is 0 Å². The number of benzene rings is 1. The van der Waals surface area contributed by atoms with Crippen molar-refractivity contribution in [2.75, 3.05) is 44.2 Å². The molecule has 2 saturated heterocycles. The molecule has 7 nitrogen and oxygen atoms in total. The van der Waals surface area contributed by atoms with Gasteiger partial charge in [-0.05, 0) is 73.8 Å². The third-order valence-electron chi connectivity index (χ3n) is 7.45. The highest BCUT2D eigenvalue weighted by Gasteiger charge is 2.27. The summed E-state index contributed by atoms with van der Waals surface area (Å²) in [6, 6.07) is 18.3. The summed E-state index contributed by atoms with van der Waals surface area (Å²) < 4.78 is 0.